The van der Waals surface area contributed by atoms with Crippen molar-refractivity contribution in [1.29, 1.82) is 0 Å². The molecule has 4 radical (unpaired) electrons. The van der Waals surface area contributed by atoms with Gasteiger partial charge in [-0.15, -0.1) is 0 Å². The van der Waals surface area contributed by atoms with Crippen molar-refractivity contribution in [2.75, 3.05) is 0 Å². The molecule has 0 N–H and O–H groups in total. The monoisotopic (exact) mass is 722 g/mol. The Labute approximate surface area is 291 Å². The Morgan fingerprint density at radius 3 is 1.11 bits per heavy atom. The van der Waals surface area contributed by atoms with E-state index < -0.39 is 11.9 Å². The van der Waals surface area contributed by atoms with Gasteiger partial charge in [0.15, 0.2) is 0 Å². The van der Waals surface area contributed by atoms with Gasteiger partial charge in [0.2, 0.25) is 0 Å². The minimum Gasteiger partial charge on any atom is -0.550 e. The summed E-state index contributed by atoms with van der Waals surface area (Å²) in [6.45, 7) is 15.6. The molecule has 0 heterocycles. The molecule has 1 rings (SSSR count). The molecule has 0 amide bonds. The average molecular weight is 722 g/mol. The maximum Gasteiger partial charge on any atom is 2.00 e. The summed E-state index contributed by atoms with van der Waals surface area (Å²) in [6, 6.07) is 6.88. The molecule has 1 aromatic rings. The molecule has 0 atom stereocenters. The Kier molecular flexibility index (Phi) is 49.9. The van der Waals surface area contributed by atoms with Gasteiger partial charge >= 0.3 is 23.9 Å². The summed E-state index contributed by atoms with van der Waals surface area (Å²) in [6.07, 6.45) is 31.0. The van der Waals surface area contributed by atoms with Crippen molar-refractivity contribution in [3.8, 4) is 0 Å². The van der Waals surface area contributed by atoms with Crippen molar-refractivity contribution < 1.29 is 19.8 Å². The van der Waals surface area contributed by atoms with Gasteiger partial charge in [-0.1, -0.05) is 207 Å². The van der Waals surface area contributed by atoms with Crippen LogP contribution in [-0.2, 0) is 11.2 Å². The number of aromatic carboxylic acids is 1. The van der Waals surface area contributed by atoms with Crippen LogP contribution in [0.4, 0.5) is 0 Å². The summed E-state index contributed by atoms with van der Waals surface area (Å²) in [5, 5.41) is 20.7. The SMILES string of the molecule is CCCCCCCCCCCCCCCCCCCCCC(=O)[O-].CCc1ccccc1C(=O)[O-].[CH2]CCC.[CH2]CCC.[Sn+2]. The van der Waals surface area contributed by atoms with E-state index in [1.54, 1.807) is 18.2 Å². The number of unbranched alkanes of at least 4 members (excludes halogenated alkanes) is 20. The van der Waals surface area contributed by atoms with E-state index in [1.807, 2.05) is 13.0 Å². The van der Waals surface area contributed by atoms with Crippen molar-refractivity contribution in [2.24, 2.45) is 0 Å². The number of carbonyl (C=O) groups is 2. The molecule has 0 aliphatic rings. The molecule has 0 aliphatic heterocycles. The summed E-state index contributed by atoms with van der Waals surface area (Å²) in [7, 11) is 0. The number of carbonyl (C=O) groups excluding carboxylic acids is 2. The molecule has 0 unspecified atom stereocenters. The van der Waals surface area contributed by atoms with Crippen molar-refractivity contribution in [3.63, 3.8) is 0 Å². The molecule has 0 spiro atoms. The van der Waals surface area contributed by atoms with Crippen molar-refractivity contribution >= 4 is 35.8 Å². The van der Waals surface area contributed by atoms with Gasteiger partial charge in [0.05, 0.1) is 5.97 Å². The largest absolute Gasteiger partial charge is 2.00 e. The minimum absolute atomic E-state index is 0. The van der Waals surface area contributed by atoms with E-state index in [0.717, 1.165) is 37.7 Å². The number of hydrogen-bond acceptors (Lipinski definition) is 4. The van der Waals surface area contributed by atoms with Crippen LogP contribution in [-0.4, -0.2) is 35.8 Å². The van der Waals surface area contributed by atoms with Gasteiger partial charge in [-0.25, -0.2) is 0 Å². The van der Waals surface area contributed by atoms with Crippen LogP contribution in [0.25, 0.3) is 0 Å². The third kappa shape index (κ3) is 43.1. The van der Waals surface area contributed by atoms with Gasteiger partial charge in [0.25, 0.3) is 0 Å². The van der Waals surface area contributed by atoms with Crippen LogP contribution in [0.3, 0.4) is 0 Å². The second-order valence-corrected chi connectivity index (χ2v) is 11.5. The average Bonchev–Trinajstić information content (AvgIpc) is 3.02. The predicted molar refractivity (Wildman–Crippen MR) is 189 cm³/mol. The first-order valence-corrected chi connectivity index (χ1v) is 17.9. The molecule has 0 aliphatic carbocycles. The Hall–Kier alpha value is -1.04. The van der Waals surface area contributed by atoms with Crippen LogP contribution in [0.15, 0.2) is 24.3 Å². The maximum atomic E-state index is 10.5. The summed E-state index contributed by atoms with van der Waals surface area (Å²) in [5.74, 6) is -2.00. The van der Waals surface area contributed by atoms with E-state index in [9.17, 15) is 19.8 Å². The molecule has 44 heavy (non-hydrogen) atoms. The number of benzene rings is 1. The predicted octanol–water partition coefficient (Wildman–Crippen LogP) is 10.0. The van der Waals surface area contributed by atoms with Gasteiger partial charge in [-0.05, 0) is 24.8 Å². The zero-order chi connectivity index (χ0) is 32.8. The molecule has 4 nitrogen and oxygen atoms in total. The van der Waals surface area contributed by atoms with Crippen molar-refractivity contribution in [1.82, 2.24) is 0 Å². The molecule has 0 fully saturated rings. The third-order valence-corrected chi connectivity index (χ3v) is 7.31. The maximum absolute atomic E-state index is 10.5. The summed E-state index contributed by atoms with van der Waals surface area (Å²) in [5.41, 5.74) is 1.13. The fourth-order valence-corrected chi connectivity index (χ4v) is 4.38. The Morgan fingerprint density at radius 2 is 0.864 bits per heavy atom. The smallest absolute Gasteiger partial charge is 0.550 e. The van der Waals surface area contributed by atoms with E-state index in [1.165, 1.54) is 122 Å². The van der Waals surface area contributed by atoms with Gasteiger partial charge in [-0.3, -0.25) is 0 Å². The summed E-state index contributed by atoms with van der Waals surface area (Å²) in [4.78, 5) is 20.7. The number of aryl methyl sites for hydroxylation is 1. The minimum atomic E-state index is -1.09. The quantitative estimate of drug-likeness (QED) is 0.0787. The second-order valence-electron chi connectivity index (χ2n) is 11.5. The normalized spacial score (nSPS) is 9.77. The standard InChI is InChI=1S/C22H44O2.C9H10O2.2C4H9.Sn/c1-2-3-4-5-6-7-8-9-10-11-12-13-14-15-16-17-18-19-20-21-22(23)24;1-2-7-5-3-4-6-8(7)9(10)11;2*1-3-4-2;/h2-21H2,1H3,(H,23,24);3-6H,2H2,1H3,(H,10,11);2*1,3-4H2,2H3;/q;;;;+2/p-2. The van der Waals surface area contributed by atoms with Crippen molar-refractivity contribution in [2.45, 2.75) is 188 Å². The molecule has 254 valence electrons. The third-order valence-electron chi connectivity index (χ3n) is 7.31. The van der Waals surface area contributed by atoms with Crippen LogP contribution in [0, 0.1) is 13.8 Å². The Morgan fingerprint density at radius 1 is 0.545 bits per heavy atom. The molecule has 0 saturated carbocycles. The summed E-state index contributed by atoms with van der Waals surface area (Å²) < 4.78 is 0. The van der Waals surface area contributed by atoms with E-state index >= 15 is 0 Å². The zero-order valence-electron chi connectivity index (χ0n) is 29.5. The van der Waals surface area contributed by atoms with Crippen molar-refractivity contribution in [3.05, 3.63) is 49.2 Å². The first-order valence-electron chi connectivity index (χ1n) is 17.9. The van der Waals surface area contributed by atoms with Crippen LogP contribution < -0.4 is 10.2 Å². The Balaban J connectivity index is -0.000000327. The molecular weight excluding hydrogens is 651 g/mol. The number of rotatable bonds is 24. The van der Waals surface area contributed by atoms with E-state index in [4.69, 9.17) is 0 Å². The van der Waals surface area contributed by atoms with Gasteiger partial charge in [-0.2, -0.15) is 0 Å². The molecule has 1 aromatic carbocycles. The number of aliphatic carboxylic acids is 1. The van der Waals surface area contributed by atoms with Gasteiger partial charge in [0.1, 0.15) is 0 Å². The van der Waals surface area contributed by atoms with Crippen LogP contribution in [0.1, 0.15) is 198 Å². The Bertz CT molecular complexity index is 684. The summed E-state index contributed by atoms with van der Waals surface area (Å²) >= 11 is 0. The molecule has 0 bridgehead atoms. The van der Waals surface area contributed by atoms with Gasteiger partial charge in [0, 0.05) is 11.5 Å². The fraction of sp³-hybridized carbons (Fsp3) is 0.744. The molecular formula is C39H70O4Sn. The van der Waals surface area contributed by atoms with E-state index in [2.05, 4.69) is 34.6 Å². The molecule has 0 saturated heterocycles. The zero-order valence-corrected chi connectivity index (χ0v) is 32.4. The molecule has 0 aromatic heterocycles. The topological polar surface area (TPSA) is 80.3 Å². The van der Waals surface area contributed by atoms with Crippen LogP contribution in [0.2, 0.25) is 0 Å². The first kappa shape index (κ1) is 49.8. The van der Waals surface area contributed by atoms with Crippen LogP contribution in [0.5, 0.6) is 0 Å². The number of carboxylic acid groups (broad SMARTS) is 2. The first-order chi connectivity index (χ1) is 20.9. The van der Waals surface area contributed by atoms with E-state index in [-0.39, 0.29) is 30.3 Å². The second kappa shape index (κ2) is 44.1. The number of carboxylic acids is 2. The van der Waals surface area contributed by atoms with Crippen LogP contribution >= 0.6 is 0 Å². The number of hydrogen-bond donors (Lipinski definition) is 0. The molecule has 5 heteroatoms. The van der Waals surface area contributed by atoms with E-state index in [0.29, 0.717) is 5.56 Å². The fourth-order valence-electron chi connectivity index (χ4n) is 4.38. The van der Waals surface area contributed by atoms with Gasteiger partial charge < -0.3 is 19.8 Å².